The summed E-state index contributed by atoms with van der Waals surface area (Å²) in [6, 6.07) is 77.0. The third-order valence-corrected chi connectivity index (χ3v) is 12.3. The van der Waals surface area contributed by atoms with E-state index in [-0.39, 0.29) is 5.41 Å². The molecule has 0 amide bonds. The second-order valence-corrected chi connectivity index (χ2v) is 16.1. The van der Waals surface area contributed by atoms with Crippen molar-refractivity contribution in [1.82, 2.24) is 0 Å². The van der Waals surface area contributed by atoms with Crippen molar-refractivity contribution in [3.05, 3.63) is 223 Å². The summed E-state index contributed by atoms with van der Waals surface area (Å²) in [6.45, 7) is 4.71. The van der Waals surface area contributed by atoms with E-state index in [9.17, 15) is 0 Å². The van der Waals surface area contributed by atoms with Crippen LogP contribution in [0, 0.1) is 0 Å². The Bertz CT molecular complexity index is 3190. The lowest BCUT2D eigenvalue weighted by Crippen LogP contribution is -2.15. The Morgan fingerprint density at radius 2 is 0.898 bits per heavy atom. The topological polar surface area (TPSA) is 16.4 Å². The molecule has 1 heterocycles. The number of anilines is 3. The number of benzene rings is 9. The highest BCUT2D eigenvalue weighted by Crippen LogP contribution is 2.54. The van der Waals surface area contributed by atoms with Crippen LogP contribution in [0.15, 0.2) is 217 Å². The maximum absolute atomic E-state index is 6.22. The highest BCUT2D eigenvalue weighted by atomic mass is 16.3. The van der Waals surface area contributed by atoms with Gasteiger partial charge < -0.3 is 9.32 Å². The van der Waals surface area contributed by atoms with Gasteiger partial charge in [-0.15, -0.1) is 0 Å². The number of hydrogen-bond acceptors (Lipinski definition) is 2. The molecule has 0 fully saturated rings. The Labute approximate surface area is 345 Å². The van der Waals surface area contributed by atoms with Gasteiger partial charge in [0.25, 0.3) is 0 Å². The molecule has 0 bridgehead atoms. The molecule has 2 heteroatoms. The van der Waals surface area contributed by atoms with Gasteiger partial charge in [-0.25, -0.2) is 0 Å². The van der Waals surface area contributed by atoms with Crippen LogP contribution in [0.3, 0.4) is 0 Å². The molecular weight excluding hydrogens is 715 g/mol. The summed E-state index contributed by atoms with van der Waals surface area (Å²) in [6.07, 6.45) is 0. The third-order valence-electron chi connectivity index (χ3n) is 12.3. The van der Waals surface area contributed by atoms with E-state index in [1.54, 1.807) is 0 Å². The molecule has 10 aromatic rings. The average Bonchev–Trinajstić information content (AvgIpc) is 3.79. The number of nitrogens with zero attached hydrogens (tertiary/aromatic N) is 1. The lowest BCUT2D eigenvalue weighted by atomic mass is 9.82. The summed E-state index contributed by atoms with van der Waals surface area (Å²) < 4.78 is 6.22. The van der Waals surface area contributed by atoms with Crippen LogP contribution in [0.4, 0.5) is 17.1 Å². The molecule has 1 aromatic heterocycles. The maximum Gasteiger partial charge on any atom is 0.135 e. The van der Waals surface area contributed by atoms with Crippen LogP contribution in [-0.2, 0) is 5.41 Å². The second kappa shape index (κ2) is 13.9. The van der Waals surface area contributed by atoms with Crippen LogP contribution in [0.2, 0.25) is 0 Å². The molecule has 11 rings (SSSR count). The molecular formula is C57H41NO. The first kappa shape index (κ1) is 34.8. The molecule has 0 radical (unpaired) electrons. The molecule has 1 aliphatic carbocycles. The van der Waals surface area contributed by atoms with Crippen molar-refractivity contribution in [3.63, 3.8) is 0 Å². The first-order valence-electron chi connectivity index (χ1n) is 20.4. The fourth-order valence-corrected chi connectivity index (χ4v) is 9.40. The number of rotatable bonds is 7. The normalized spacial score (nSPS) is 12.7. The lowest BCUT2D eigenvalue weighted by molar-refractivity contribution is 0.660. The van der Waals surface area contributed by atoms with E-state index < -0.39 is 0 Å². The first-order chi connectivity index (χ1) is 29.0. The quantitative estimate of drug-likeness (QED) is 0.161. The Kier molecular flexibility index (Phi) is 8.20. The molecule has 2 nitrogen and oxygen atoms in total. The Balaban J connectivity index is 1.12. The minimum atomic E-state index is -0.106. The van der Waals surface area contributed by atoms with Gasteiger partial charge in [0.05, 0.1) is 11.4 Å². The maximum atomic E-state index is 6.22. The van der Waals surface area contributed by atoms with Crippen molar-refractivity contribution in [3.8, 4) is 55.6 Å². The SMILES string of the molecule is CC1(C)c2ccccc2-c2c(-c3ccccc3N(c3cccc(-c4ccc5oc6ccccc6c5c4)c3)c3ccccc3-c3ccc(-c4ccccc4)cc3)cccc21. The van der Waals surface area contributed by atoms with Crippen molar-refractivity contribution in [1.29, 1.82) is 0 Å². The standard InChI is InChI=1S/C57H41NO/c1-57(2)50-25-10-6-23-48(50)56-47(24-15-26-51(56)57)45-21-8-12-28-53(45)58(52-27-11-7-20-44(52)40-32-30-39(31-33-40)38-16-4-3-5-17-38)43-19-14-18-41(36-43)42-34-35-55-49(37-42)46-22-9-13-29-54(46)59-55/h3-37H,1-2H3. The summed E-state index contributed by atoms with van der Waals surface area (Å²) in [4.78, 5) is 2.47. The molecule has 0 N–H and O–H groups in total. The molecule has 0 saturated heterocycles. The minimum absolute atomic E-state index is 0.106. The van der Waals surface area contributed by atoms with Crippen molar-refractivity contribution in [2.45, 2.75) is 19.3 Å². The second-order valence-electron chi connectivity index (χ2n) is 16.1. The number of hydrogen-bond donors (Lipinski definition) is 0. The lowest BCUT2D eigenvalue weighted by Gasteiger charge is -2.31. The van der Waals surface area contributed by atoms with Crippen LogP contribution in [-0.4, -0.2) is 0 Å². The zero-order valence-electron chi connectivity index (χ0n) is 33.1. The fraction of sp³-hybridized carbons (Fsp3) is 0.0526. The first-order valence-corrected chi connectivity index (χ1v) is 20.4. The van der Waals surface area contributed by atoms with Gasteiger partial charge >= 0.3 is 0 Å². The zero-order chi connectivity index (χ0) is 39.5. The van der Waals surface area contributed by atoms with Gasteiger partial charge in [-0.2, -0.15) is 0 Å². The van der Waals surface area contributed by atoms with E-state index in [1.165, 1.54) is 44.5 Å². The Hall–Kier alpha value is -7.42. The van der Waals surface area contributed by atoms with Gasteiger partial charge in [0.2, 0.25) is 0 Å². The van der Waals surface area contributed by atoms with Crippen molar-refractivity contribution in [2.24, 2.45) is 0 Å². The highest BCUT2D eigenvalue weighted by Gasteiger charge is 2.37. The molecule has 0 atom stereocenters. The van der Waals surface area contributed by atoms with Gasteiger partial charge in [0.1, 0.15) is 11.2 Å². The Morgan fingerprint density at radius 3 is 1.73 bits per heavy atom. The monoisotopic (exact) mass is 755 g/mol. The van der Waals surface area contributed by atoms with Crippen LogP contribution in [0.25, 0.3) is 77.6 Å². The summed E-state index contributed by atoms with van der Waals surface area (Å²) in [5.41, 5.74) is 19.8. The third kappa shape index (κ3) is 5.79. The summed E-state index contributed by atoms with van der Waals surface area (Å²) in [7, 11) is 0. The van der Waals surface area contributed by atoms with Crippen molar-refractivity contribution < 1.29 is 4.42 Å². The minimum Gasteiger partial charge on any atom is -0.456 e. The van der Waals surface area contributed by atoms with Crippen molar-refractivity contribution >= 4 is 39.0 Å². The average molecular weight is 756 g/mol. The van der Waals surface area contributed by atoms with E-state index in [4.69, 9.17) is 4.42 Å². The number of fused-ring (bicyclic) bond motifs is 6. The van der Waals surface area contributed by atoms with Crippen LogP contribution < -0.4 is 4.90 Å². The molecule has 1 aliphatic rings. The van der Waals surface area contributed by atoms with E-state index in [2.05, 4.69) is 219 Å². The zero-order valence-corrected chi connectivity index (χ0v) is 33.1. The van der Waals surface area contributed by atoms with Crippen LogP contribution in [0.5, 0.6) is 0 Å². The molecule has 59 heavy (non-hydrogen) atoms. The molecule has 0 aliphatic heterocycles. The summed E-state index contributed by atoms with van der Waals surface area (Å²) in [5.74, 6) is 0. The van der Waals surface area contributed by atoms with Gasteiger partial charge in [0.15, 0.2) is 0 Å². The van der Waals surface area contributed by atoms with Crippen LogP contribution in [0.1, 0.15) is 25.0 Å². The highest BCUT2D eigenvalue weighted by molar-refractivity contribution is 6.06. The fourth-order valence-electron chi connectivity index (χ4n) is 9.40. The largest absolute Gasteiger partial charge is 0.456 e. The van der Waals surface area contributed by atoms with E-state index in [0.717, 1.165) is 61.3 Å². The van der Waals surface area contributed by atoms with E-state index in [1.807, 2.05) is 12.1 Å². The number of furan rings is 1. The predicted octanol–water partition coefficient (Wildman–Crippen LogP) is 16.0. The molecule has 0 spiro atoms. The van der Waals surface area contributed by atoms with Crippen LogP contribution >= 0.6 is 0 Å². The van der Waals surface area contributed by atoms with Gasteiger partial charge in [-0.05, 0) is 98.1 Å². The van der Waals surface area contributed by atoms with Gasteiger partial charge in [-0.1, -0.05) is 184 Å². The van der Waals surface area contributed by atoms with E-state index in [0.29, 0.717) is 0 Å². The smallest absolute Gasteiger partial charge is 0.135 e. The molecule has 9 aromatic carbocycles. The summed E-state index contributed by atoms with van der Waals surface area (Å²) in [5, 5.41) is 2.25. The number of para-hydroxylation sites is 3. The van der Waals surface area contributed by atoms with E-state index >= 15 is 0 Å². The Morgan fingerprint density at radius 1 is 0.356 bits per heavy atom. The summed E-state index contributed by atoms with van der Waals surface area (Å²) >= 11 is 0. The molecule has 0 saturated carbocycles. The predicted molar refractivity (Wildman–Crippen MR) is 248 cm³/mol. The molecule has 0 unspecified atom stereocenters. The van der Waals surface area contributed by atoms with Gasteiger partial charge in [0, 0.05) is 33.0 Å². The molecule has 280 valence electrons. The van der Waals surface area contributed by atoms with Crippen molar-refractivity contribution in [2.75, 3.05) is 4.90 Å². The van der Waals surface area contributed by atoms with Gasteiger partial charge in [-0.3, -0.25) is 0 Å².